The third-order valence-corrected chi connectivity index (χ3v) is 13.7. The first-order chi connectivity index (χ1) is 31.9. The van der Waals surface area contributed by atoms with Crippen LogP contribution in [0.4, 0.5) is 0 Å². The first-order valence-electron chi connectivity index (χ1n) is 24.3. The zero-order valence-electron chi connectivity index (χ0n) is 42.5. The number of amides is 5. The maximum absolute atomic E-state index is 14.8. The Morgan fingerprint density at radius 3 is 2.00 bits per heavy atom. The van der Waals surface area contributed by atoms with E-state index < -0.39 is 120 Å². The highest BCUT2D eigenvalue weighted by Gasteiger charge is 2.48. The second-order valence-corrected chi connectivity index (χ2v) is 20.3. The van der Waals surface area contributed by atoms with Gasteiger partial charge in [-0.1, -0.05) is 73.9 Å². The molecule has 11 atom stereocenters. The molecule has 0 radical (unpaired) electrons. The second-order valence-electron chi connectivity index (χ2n) is 20.3. The van der Waals surface area contributed by atoms with Crippen molar-refractivity contribution < 1.29 is 57.7 Å². The highest BCUT2D eigenvalue weighted by Crippen LogP contribution is 2.28. The van der Waals surface area contributed by atoms with Crippen molar-refractivity contribution in [3.63, 3.8) is 0 Å². The Bertz CT molecular complexity index is 1960. The number of aliphatic hydroxyl groups excluding tert-OH is 1. The van der Waals surface area contributed by atoms with E-state index in [4.69, 9.17) is 14.2 Å². The van der Waals surface area contributed by atoms with Crippen LogP contribution in [0, 0.1) is 29.6 Å². The lowest BCUT2D eigenvalue weighted by Gasteiger charge is -2.37. The summed E-state index contributed by atoms with van der Waals surface area (Å²) in [6, 6.07) is 0.392. The van der Waals surface area contributed by atoms with Gasteiger partial charge in [0, 0.05) is 20.0 Å². The molecule has 3 fully saturated rings. The number of fused-ring (bicyclic) bond motifs is 1. The van der Waals surface area contributed by atoms with Crippen LogP contribution in [-0.4, -0.2) is 161 Å². The van der Waals surface area contributed by atoms with Gasteiger partial charge in [0.1, 0.15) is 36.0 Å². The third-order valence-electron chi connectivity index (χ3n) is 13.7. The number of esters is 2. The van der Waals surface area contributed by atoms with Crippen molar-refractivity contribution in [2.75, 3.05) is 34.4 Å². The van der Waals surface area contributed by atoms with Crippen molar-refractivity contribution in [1.82, 2.24) is 30.2 Å². The Morgan fingerprint density at radius 2 is 1.43 bits per heavy atom. The number of benzene rings is 1. The summed E-state index contributed by atoms with van der Waals surface area (Å²) in [5.74, 6) is -7.29. The summed E-state index contributed by atoms with van der Waals surface area (Å²) in [6.45, 7) is 17.7. The van der Waals surface area contributed by atoms with E-state index >= 15 is 0 Å². The van der Waals surface area contributed by atoms with E-state index in [-0.39, 0.29) is 50.2 Å². The second kappa shape index (κ2) is 24.4. The summed E-state index contributed by atoms with van der Waals surface area (Å²) in [7, 11) is 4.75. The standard InChI is InChI=1S/C50H78N6O12/c1-14-30(8)41-39(57)25-40(58)68-44(29(6)7)43(59)31(9)45(60)51-35(22-27(2)3)47(62)55-21-15-16-36(55)48(63)54(12)38(24-33-17-19-34(66-13)20-18-33)50(65)67-32(10)42(46(61)52-41)56-26-53(11)37(49(56)64)23-28(4)5/h17-20,27-32,35-39,41-42,44,57H,14-16,21-26H2,1-13H3,(H,51,60)(H,52,61)/t30-,31-,32+,35?,36-,37-,38?,39-,41?,42?,44?/m0/s1. The van der Waals surface area contributed by atoms with Gasteiger partial charge in [0.05, 0.1) is 44.3 Å². The number of carbonyl (C=O) groups is 8. The number of ketones is 1. The van der Waals surface area contributed by atoms with E-state index in [0.717, 1.165) is 0 Å². The minimum atomic E-state index is -1.54. The van der Waals surface area contributed by atoms with E-state index in [1.807, 2.05) is 39.5 Å². The van der Waals surface area contributed by atoms with E-state index in [0.29, 0.717) is 30.6 Å². The minimum absolute atomic E-state index is 0.0104. The van der Waals surface area contributed by atoms with Gasteiger partial charge in [-0.25, -0.2) is 4.79 Å². The van der Waals surface area contributed by atoms with Crippen LogP contribution in [0.5, 0.6) is 5.75 Å². The van der Waals surface area contributed by atoms with Gasteiger partial charge in [0.2, 0.25) is 29.5 Å². The summed E-state index contributed by atoms with van der Waals surface area (Å²) < 4.78 is 17.3. The minimum Gasteiger partial charge on any atom is -0.497 e. The van der Waals surface area contributed by atoms with Gasteiger partial charge < -0.3 is 44.7 Å². The van der Waals surface area contributed by atoms with Crippen LogP contribution in [-0.2, 0) is 54.3 Å². The molecule has 3 N–H and O–H groups in total. The fourth-order valence-electron chi connectivity index (χ4n) is 9.41. The van der Waals surface area contributed by atoms with Crippen LogP contribution in [0.1, 0.15) is 113 Å². The van der Waals surface area contributed by atoms with Crippen LogP contribution in [0.2, 0.25) is 0 Å². The number of carbonyl (C=O) groups excluding carboxylic acids is 8. The largest absolute Gasteiger partial charge is 0.497 e. The average molecular weight is 955 g/mol. The molecule has 0 saturated carbocycles. The molecule has 68 heavy (non-hydrogen) atoms. The molecule has 5 amide bonds. The lowest BCUT2D eigenvalue weighted by atomic mass is 9.91. The van der Waals surface area contributed by atoms with Gasteiger partial charge in [-0.15, -0.1) is 0 Å². The number of nitrogens with zero attached hydrogens (tertiary/aromatic N) is 4. The van der Waals surface area contributed by atoms with Gasteiger partial charge in [-0.05, 0) is 87.9 Å². The van der Waals surface area contributed by atoms with Crippen molar-refractivity contribution in [3.8, 4) is 5.75 Å². The molecule has 0 spiro atoms. The topological polar surface area (TPSA) is 221 Å². The van der Waals surface area contributed by atoms with Gasteiger partial charge in [-0.3, -0.25) is 38.5 Å². The molecule has 3 aliphatic heterocycles. The van der Waals surface area contributed by atoms with Crippen molar-refractivity contribution in [3.05, 3.63) is 29.8 Å². The summed E-state index contributed by atoms with van der Waals surface area (Å²) in [6.07, 6.45) is -3.09. The van der Waals surface area contributed by atoms with Crippen LogP contribution in [0.25, 0.3) is 0 Å². The van der Waals surface area contributed by atoms with Gasteiger partial charge in [-0.2, -0.15) is 0 Å². The van der Waals surface area contributed by atoms with Gasteiger partial charge in [0.15, 0.2) is 11.9 Å². The fourth-order valence-corrected chi connectivity index (χ4v) is 9.41. The molecule has 0 aromatic heterocycles. The molecule has 3 aliphatic rings. The van der Waals surface area contributed by atoms with Crippen LogP contribution in [0.15, 0.2) is 24.3 Å². The van der Waals surface area contributed by atoms with E-state index in [1.165, 1.54) is 42.7 Å². The molecular formula is C50H78N6O12. The van der Waals surface area contributed by atoms with Gasteiger partial charge >= 0.3 is 11.9 Å². The number of nitrogens with one attached hydrogen (secondary N) is 2. The van der Waals surface area contributed by atoms with E-state index in [2.05, 4.69) is 10.6 Å². The molecule has 0 bridgehead atoms. The number of aliphatic hydroxyl groups is 1. The first-order valence-corrected chi connectivity index (χ1v) is 24.3. The molecule has 0 aliphatic carbocycles. The lowest BCUT2D eigenvalue weighted by Crippen LogP contribution is -2.60. The third kappa shape index (κ3) is 13.6. The number of hydrogen-bond acceptors (Lipinski definition) is 13. The predicted octanol–water partition coefficient (Wildman–Crippen LogP) is 3.10. The maximum atomic E-state index is 14.8. The Balaban J connectivity index is 1.88. The normalized spacial score (nSPS) is 29.9. The lowest BCUT2D eigenvalue weighted by molar-refractivity contribution is -0.165. The van der Waals surface area contributed by atoms with Crippen molar-refractivity contribution in [2.24, 2.45) is 29.6 Å². The average Bonchev–Trinajstić information content (AvgIpc) is 3.87. The molecule has 1 aromatic carbocycles. The highest BCUT2D eigenvalue weighted by atomic mass is 16.6. The van der Waals surface area contributed by atoms with Gasteiger partial charge in [0.25, 0.3) is 0 Å². The maximum Gasteiger partial charge on any atom is 0.329 e. The Hall–Kier alpha value is -5.10. The predicted molar refractivity (Wildman–Crippen MR) is 252 cm³/mol. The number of cyclic esters (lactones) is 2. The monoisotopic (exact) mass is 955 g/mol. The molecule has 1 aromatic rings. The fraction of sp³-hybridized carbons (Fsp3) is 0.720. The number of likely N-dealkylation sites (N-methyl/N-ethyl adjacent to an activating group) is 2. The molecule has 5 unspecified atom stereocenters. The highest BCUT2D eigenvalue weighted by molar-refractivity contribution is 6.05. The molecule has 380 valence electrons. The smallest absolute Gasteiger partial charge is 0.329 e. The summed E-state index contributed by atoms with van der Waals surface area (Å²) in [4.78, 5) is 121. The number of methoxy groups -OCH3 is 1. The van der Waals surface area contributed by atoms with Crippen molar-refractivity contribution in [2.45, 2.75) is 169 Å². The Morgan fingerprint density at radius 1 is 0.794 bits per heavy atom. The number of Topliss-reactive ketones (excluding diaryl/α,β-unsaturated/α-hetero) is 1. The summed E-state index contributed by atoms with van der Waals surface area (Å²) in [5, 5.41) is 17.4. The summed E-state index contributed by atoms with van der Waals surface area (Å²) >= 11 is 0. The molecule has 3 saturated heterocycles. The zero-order chi connectivity index (χ0) is 50.9. The van der Waals surface area contributed by atoms with E-state index in [1.54, 1.807) is 52.1 Å². The van der Waals surface area contributed by atoms with Crippen molar-refractivity contribution >= 4 is 47.3 Å². The molecule has 18 nitrogen and oxygen atoms in total. The first kappa shape index (κ1) is 55.5. The number of ether oxygens (including phenoxy) is 3. The summed E-state index contributed by atoms with van der Waals surface area (Å²) in [5.41, 5.74) is 0.644. The molecule has 4 rings (SSSR count). The number of hydrogen-bond donors (Lipinski definition) is 3. The molecular weight excluding hydrogens is 877 g/mol. The van der Waals surface area contributed by atoms with Crippen molar-refractivity contribution in [1.29, 1.82) is 0 Å². The van der Waals surface area contributed by atoms with Crippen LogP contribution >= 0.6 is 0 Å². The molecule has 3 heterocycles. The van der Waals surface area contributed by atoms with Crippen LogP contribution in [0.3, 0.4) is 0 Å². The Kier molecular flexibility index (Phi) is 20.0. The quantitative estimate of drug-likeness (QED) is 0.215. The number of rotatable bonds is 11. The van der Waals surface area contributed by atoms with E-state index in [9.17, 15) is 43.5 Å². The molecule has 18 heteroatoms. The van der Waals surface area contributed by atoms with Crippen LogP contribution < -0.4 is 15.4 Å². The SMILES string of the molecule is CC[C@H](C)C1NC(=O)C(N2CN(C)[C@@H](CC(C)C)C2=O)[C@@H](C)OC(=O)C(Cc2ccc(OC)cc2)N(C)C(=O)[C@@H]2CCCN2C(=O)C(CC(C)C)NC(=O)[C@@H](C)C(=O)C(C(C)C)OC(=O)C[C@@H]1O. The zero-order valence-corrected chi connectivity index (χ0v) is 42.5. The Labute approximate surface area is 402 Å².